The van der Waals surface area contributed by atoms with Crippen molar-refractivity contribution in [2.75, 3.05) is 19.0 Å². The lowest BCUT2D eigenvalue weighted by atomic mass is 9.92. The number of rotatable bonds is 7. The van der Waals surface area contributed by atoms with Crippen molar-refractivity contribution in [3.8, 4) is 11.4 Å². The highest BCUT2D eigenvalue weighted by atomic mass is 19.4. The molecule has 0 bridgehead atoms. The zero-order valence-electron chi connectivity index (χ0n) is 21.1. The van der Waals surface area contributed by atoms with Crippen molar-refractivity contribution in [1.82, 2.24) is 25.5 Å². The first-order chi connectivity index (χ1) is 17.3. The molecule has 2 atom stereocenters. The van der Waals surface area contributed by atoms with Gasteiger partial charge >= 0.3 is 18.2 Å². The quantitative estimate of drug-likeness (QED) is 0.514. The van der Waals surface area contributed by atoms with Crippen LogP contribution < -0.4 is 10.6 Å². The van der Waals surface area contributed by atoms with Gasteiger partial charge in [-0.05, 0) is 50.6 Å². The minimum Gasteiger partial charge on any atom is -0.467 e. The summed E-state index contributed by atoms with van der Waals surface area (Å²) in [4.78, 5) is 25.4. The van der Waals surface area contributed by atoms with Gasteiger partial charge in [0.2, 0.25) is 5.82 Å². The SMILES string of the molecule is COC(=O)C(CNC(=O)OC(C)(C)C)n1nnc(-c2ccccc2NC2=CC=C(C(F)(F)F)CC2C)n1. The molecule has 2 unspecified atom stereocenters. The third-order valence-electron chi connectivity index (χ3n) is 5.35. The van der Waals surface area contributed by atoms with Crippen LogP contribution in [0.15, 0.2) is 47.7 Å². The molecule has 1 aliphatic carbocycles. The van der Waals surface area contributed by atoms with E-state index in [1.165, 1.54) is 13.2 Å². The summed E-state index contributed by atoms with van der Waals surface area (Å²) in [6, 6.07) is 5.81. The lowest BCUT2D eigenvalue weighted by Gasteiger charge is -2.24. The molecule has 0 aliphatic heterocycles. The van der Waals surface area contributed by atoms with Crippen molar-refractivity contribution in [2.45, 2.75) is 51.9 Å². The van der Waals surface area contributed by atoms with Crippen LogP contribution in [-0.4, -0.2) is 57.7 Å². The maximum atomic E-state index is 13.1. The molecule has 0 saturated carbocycles. The van der Waals surface area contributed by atoms with E-state index >= 15 is 0 Å². The number of carbonyl (C=O) groups is 2. The third-order valence-corrected chi connectivity index (χ3v) is 5.35. The Morgan fingerprint density at radius 2 is 1.89 bits per heavy atom. The summed E-state index contributed by atoms with van der Waals surface area (Å²) < 4.78 is 49.2. The van der Waals surface area contributed by atoms with Crippen molar-refractivity contribution >= 4 is 17.7 Å². The zero-order chi connectivity index (χ0) is 27.4. The molecule has 2 aromatic rings. The second-order valence-electron chi connectivity index (χ2n) is 9.44. The Morgan fingerprint density at radius 1 is 1.19 bits per heavy atom. The van der Waals surface area contributed by atoms with E-state index in [0.717, 1.165) is 10.9 Å². The van der Waals surface area contributed by atoms with E-state index < -0.39 is 41.4 Å². The van der Waals surface area contributed by atoms with Crippen LogP contribution >= 0.6 is 0 Å². The van der Waals surface area contributed by atoms with E-state index in [0.29, 0.717) is 16.9 Å². The molecule has 200 valence electrons. The molecular weight excluding hydrogens is 493 g/mol. The van der Waals surface area contributed by atoms with Crippen molar-refractivity contribution < 1.29 is 32.2 Å². The molecule has 0 spiro atoms. The Balaban J connectivity index is 1.82. The first-order valence-electron chi connectivity index (χ1n) is 11.5. The number of hydrogen-bond acceptors (Lipinski definition) is 8. The van der Waals surface area contributed by atoms with E-state index in [-0.39, 0.29) is 18.8 Å². The van der Waals surface area contributed by atoms with Gasteiger partial charge in [0.15, 0.2) is 6.04 Å². The Morgan fingerprint density at radius 3 is 2.51 bits per heavy atom. The Bertz CT molecular complexity index is 1200. The molecule has 0 fully saturated rings. The maximum Gasteiger partial charge on any atom is 0.412 e. The number of halogens is 3. The Kier molecular flexibility index (Phi) is 8.24. The second kappa shape index (κ2) is 11.0. The van der Waals surface area contributed by atoms with Crippen molar-refractivity contribution in [1.29, 1.82) is 0 Å². The molecule has 1 aliphatic rings. The van der Waals surface area contributed by atoms with Crippen LogP contribution in [0.4, 0.5) is 23.7 Å². The molecule has 1 heterocycles. The number of tetrazole rings is 1. The molecule has 37 heavy (non-hydrogen) atoms. The highest BCUT2D eigenvalue weighted by Gasteiger charge is 2.36. The average Bonchev–Trinajstić information content (AvgIpc) is 3.28. The number of carbonyl (C=O) groups excluding carboxylic acids is 2. The van der Waals surface area contributed by atoms with Crippen LogP contribution in [0.25, 0.3) is 11.4 Å². The number of nitrogens with zero attached hydrogens (tertiary/aromatic N) is 4. The number of ether oxygens (including phenoxy) is 2. The van der Waals surface area contributed by atoms with E-state index in [4.69, 9.17) is 9.47 Å². The molecule has 3 rings (SSSR count). The van der Waals surface area contributed by atoms with Gasteiger partial charge in [-0.25, -0.2) is 9.59 Å². The average molecular weight is 523 g/mol. The van der Waals surface area contributed by atoms with Crippen molar-refractivity contribution in [3.63, 3.8) is 0 Å². The van der Waals surface area contributed by atoms with Crippen LogP contribution in [0.2, 0.25) is 0 Å². The Labute approximate surface area is 211 Å². The highest BCUT2D eigenvalue weighted by Crippen LogP contribution is 2.37. The first kappa shape index (κ1) is 27.7. The van der Waals surface area contributed by atoms with Crippen molar-refractivity contribution in [2.24, 2.45) is 5.92 Å². The maximum absolute atomic E-state index is 13.1. The first-order valence-corrected chi connectivity index (χ1v) is 11.5. The second-order valence-corrected chi connectivity index (χ2v) is 9.44. The molecule has 0 radical (unpaired) electrons. The number of amides is 1. The van der Waals surface area contributed by atoms with E-state index in [1.807, 2.05) is 0 Å². The summed E-state index contributed by atoms with van der Waals surface area (Å²) in [5.74, 6) is -0.953. The Hall–Kier alpha value is -3.90. The van der Waals surface area contributed by atoms with Gasteiger partial charge < -0.3 is 20.1 Å². The van der Waals surface area contributed by atoms with Crippen molar-refractivity contribution in [3.05, 3.63) is 47.7 Å². The van der Waals surface area contributed by atoms with Gasteiger partial charge in [0.05, 0.1) is 13.7 Å². The summed E-state index contributed by atoms with van der Waals surface area (Å²) in [5, 5.41) is 18.0. The number of aromatic nitrogens is 4. The topological polar surface area (TPSA) is 120 Å². The van der Waals surface area contributed by atoms with Gasteiger partial charge in [-0.15, -0.1) is 15.0 Å². The molecular formula is C24H29F3N6O4. The summed E-state index contributed by atoms with van der Waals surface area (Å²) >= 11 is 0. The van der Waals surface area contributed by atoms with Gasteiger partial charge in [0, 0.05) is 28.4 Å². The van der Waals surface area contributed by atoms with E-state index in [9.17, 15) is 22.8 Å². The van der Waals surface area contributed by atoms with E-state index in [2.05, 4.69) is 26.0 Å². The number of esters is 1. The molecule has 10 nitrogen and oxygen atoms in total. The number of alkyl carbamates (subject to hydrolysis) is 1. The minimum absolute atomic E-state index is 0.148. The number of methoxy groups -OCH3 is 1. The molecule has 2 N–H and O–H groups in total. The summed E-state index contributed by atoms with van der Waals surface area (Å²) in [6.07, 6.45) is -2.77. The predicted molar refractivity (Wildman–Crippen MR) is 128 cm³/mol. The zero-order valence-corrected chi connectivity index (χ0v) is 21.1. The lowest BCUT2D eigenvalue weighted by Crippen LogP contribution is -2.39. The predicted octanol–water partition coefficient (Wildman–Crippen LogP) is 4.40. The lowest BCUT2D eigenvalue weighted by molar-refractivity contribution is -0.145. The largest absolute Gasteiger partial charge is 0.467 e. The van der Waals surface area contributed by atoms with Gasteiger partial charge in [-0.1, -0.05) is 25.1 Å². The monoisotopic (exact) mass is 522 g/mol. The van der Waals surface area contributed by atoms with Crippen LogP contribution in [0.5, 0.6) is 0 Å². The summed E-state index contributed by atoms with van der Waals surface area (Å²) in [7, 11) is 1.19. The van der Waals surface area contributed by atoms with Gasteiger partial charge in [-0.2, -0.15) is 13.2 Å². The molecule has 1 aromatic heterocycles. The van der Waals surface area contributed by atoms with E-state index in [1.54, 1.807) is 52.0 Å². The van der Waals surface area contributed by atoms with Gasteiger partial charge in [-0.3, -0.25) is 0 Å². The normalized spacial score (nSPS) is 16.8. The van der Waals surface area contributed by atoms with Gasteiger partial charge in [0.1, 0.15) is 5.60 Å². The fraction of sp³-hybridized carbons (Fsp3) is 0.458. The number of benzene rings is 1. The minimum atomic E-state index is -4.37. The summed E-state index contributed by atoms with van der Waals surface area (Å²) in [5.41, 5.74) is 0.344. The number of hydrogen-bond donors (Lipinski definition) is 2. The smallest absolute Gasteiger partial charge is 0.412 e. The molecule has 0 saturated heterocycles. The van der Waals surface area contributed by atoms with Crippen LogP contribution in [0.1, 0.15) is 40.2 Å². The van der Waals surface area contributed by atoms with Gasteiger partial charge in [0.25, 0.3) is 0 Å². The molecule has 1 amide bonds. The molecule has 1 aromatic carbocycles. The number of nitrogens with one attached hydrogen (secondary N) is 2. The highest BCUT2D eigenvalue weighted by molar-refractivity contribution is 5.76. The van der Waals surface area contributed by atoms with Crippen LogP contribution in [0.3, 0.4) is 0 Å². The van der Waals surface area contributed by atoms with Crippen LogP contribution in [0, 0.1) is 5.92 Å². The molecule has 13 heteroatoms. The standard InChI is InChI=1S/C24H29F3N6O4/c1-14-12-15(24(25,26)27)10-11-17(14)29-18-9-7-6-8-16(18)20-30-32-33(31-20)19(21(34)36-5)13-28-22(35)37-23(2,3)4/h6-11,14,19,29H,12-13H2,1-5H3,(H,28,35). The summed E-state index contributed by atoms with van der Waals surface area (Å²) in [6.45, 7) is 6.60. The number of alkyl halides is 3. The fourth-order valence-corrected chi connectivity index (χ4v) is 3.53. The number of para-hydroxylation sites is 1. The number of allylic oxidation sites excluding steroid dienone is 4. The third kappa shape index (κ3) is 7.30. The van der Waals surface area contributed by atoms with Crippen LogP contribution in [-0.2, 0) is 14.3 Å². The fourth-order valence-electron chi connectivity index (χ4n) is 3.53. The number of anilines is 1.